The topological polar surface area (TPSA) is 20.2 Å². The fourth-order valence-corrected chi connectivity index (χ4v) is 2.06. The molecule has 0 heterocycles. The van der Waals surface area contributed by atoms with E-state index < -0.39 is 0 Å². The van der Waals surface area contributed by atoms with Crippen LogP contribution in [0, 0.1) is 17.8 Å². The summed E-state index contributed by atoms with van der Waals surface area (Å²) >= 11 is 0. The highest BCUT2D eigenvalue weighted by Crippen LogP contribution is 2.51. The molecule has 0 aromatic heterocycles. The second-order valence-corrected chi connectivity index (χ2v) is 3.77. The van der Waals surface area contributed by atoms with Gasteiger partial charge in [-0.05, 0) is 37.0 Å². The van der Waals surface area contributed by atoms with Crippen molar-refractivity contribution in [2.24, 2.45) is 17.8 Å². The fourth-order valence-electron chi connectivity index (χ4n) is 2.06. The Hall–Kier alpha value is -0.0400. The average molecular weight is 126 g/mol. The standard InChI is InChI=1S/C8H14O/c1-5-2-6-3-7(6)4-8(5)9/h5-9H,2-4H2,1H3/t5-,6-,7-,8-/m1/s1. The summed E-state index contributed by atoms with van der Waals surface area (Å²) in [6.45, 7) is 2.17. The van der Waals surface area contributed by atoms with Crippen molar-refractivity contribution in [3.05, 3.63) is 0 Å². The summed E-state index contributed by atoms with van der Waals surface area (Å²) in [6, 6.07) is 0. The number of aliphatic hydroxyl groups excluding tert-OH is 1. The Morgan fingerprint density at radius 3 is 2.44 bits per heavy atom. The predicted octanol–water partition coefficient (Wildman–Crippen LogP) is 1.41. The first-order chi connectivity index (χ1) is 4.27. The van der Waals surface area contributed by atoms with E-state index in [0.717, 1.165) is 18.3 Å². The van der Waals surface area contributed by atoms with Crippen molar-refractivity contribution in [1.29, 1.82) is 0 Å². The summed E-state index contributed by atoms with van der Waals surface area (Å²) in [4.78, 5) is 0. The highest BCUT2D eigenvalue weighted by atomic mass is 16.3. The Bertz CT molecular complexity index is 108. The van der Waals surface area contributed by atoms with Crippen LogP contribution in [0.25, 0.3) is 0 Å². The van der Waals surface area contributed by atoms with Crippen LogP contribution < -0.4 is 0 Å². The van der Waals surface area contributed by atoms with Gasteiger partial charge in [0.15, 0.2) is 0 Å². The molecule has 1 heteroatoms. The Morgan fingerprint density at radius 2 is 1.78 bits per heavy atom. The van der Waals surface area contributed by atoms with E-state index in [1.807, 2.05) is 0 Å². The zero-order chi connectivity index (χ0) is 6.43. The van der Waals surface area contributed by atoms with Crippen molar-refractivity contribution in [3.63, 3.8) is 0 Å². The molecular weight excluding hydrogens is 112 g/mol. The van der Waals surface area contributed by atoms with Crippen LogP contribution in [-0.2, 0) is 0 Å². The quantitative estimate of drug-likeness (QED) is 0.520. The molecule has 0 unspecified atom stereocenters. The summed E-state index contributed by atoms with van der Waals surface area (Å²) in [7, 11) is 0. The second kappa shape index (κ2) is 1.72. The molecule has 0 aliphatic heterocycles. The predicted molar refractivity (Wildman–Crippen MR) is 36.0 cm³/mol. The maximum absolute atomic E-state index is 9.37. The van der Waals surface area contributed by atoms with E-state index in [-0.39, 0.29) is 6.10 Å². The SMILES string of the molecule is C[C@@H]1C[C@@H]2C[C@@H]2C[C@H]1O. The van der Waals surface area contributed by atoms with Gasteiger partial charge >= 0.3 is 0 Å². The molecule has 0 spiro atoms. The van der Waals surface area contributed by atoms with E-state index in [0.29, 0.717) is 5.92 Å². The van der Waals surface area contributed by atoms with E-state index in [1.165, 1.54) is 12.8 Å². The first kappa shape index (κ1) is 5.72. The van der Waals surface area contributed by atoms with Gasteiger partial charge in [0.2, 0.25) is 0 Å². The minimum absolute atomic E-state index is 0.0220. The second-order valence-electron chi connectivity index (χ2n) is 3.77. The third kappa shape index (κ3) is 0.877. The molecule has 2 saturated carbocycles. The van der Waals surface area contributed by atoms with Crippen LogP contribution in [0.2, 0.25) is 0 Å². The summed E-state index contributed by atoms with van der Waals surface area (Å²) in [5.41, 5.74) is 0. The molecule has 1 N–H and O–H groups in total. The normalized spacial score (nSPS) is 56.7. The zero-order valence-electron chi connectivity index (χ0n) is 5.88. The molecule has 1 nitrogen and oxygen atoms in total. The number of aliphatic hydroxyl groups is 1. The Balaban J connectivity index is 1.98. The van der Waals surface area contributed by atoms with Crippen LogP contribution in [-0.4, -0.2) is 11.2 Å². The van der Waals surface area contributed by atoms with Gasteiger partial charge in [-0.1, -0.05) is 6.92 Å². The third-order valence-corrected chi connectivity index (χ3v) is 2.94. The van der Waals surface area contributed by atoms with Crippen LogP contribution >= 0.6 is 0 Å². The van der Waals surface area contributed by atoms with Crippen LogP contribution in [0.1, 0.15) is 26.2 Å². The molecule has 2 aliphatic carbocycles. The number of hydrogen-bond acceptors (Lipinski definition) is 1. The van der Waals surface area contributed by atoms with E-state index in [4.69, 9.17) is 0 Å². The fraction of sp³-hybridized carbons (Fsp3) is 1.00. The van der Waals surface area contributed by atoms with Crippen LogP contribution in [0.15, 0.2) is 0 Å². The summed E-state index contributed by atoms with van der Waals surface area (Å²) in [6.07, 6.45) is 3.80. The van der Waals surface area contributed by atoms with Gasteiger partial charge in [-0.2, -0.15) is 0 Å². The summed E-state index contributed by atoms with van der Waals surface area (Å²) < 4.78 is 0. The van der Waals surface area contributed by atoms with Crippen molar-refractivity contribution >= 4 is 0 Å². The molecule has 52 valence electrons. The Kier molecular flexibility index (Phi) is 1.10. The van der Waals surface area contributed by atoms with Gasteiger partial charge in [0, 0.05) is 0 Å². The number of hydrogen-bond donors (Lipinski definition) is 1. The molecule has 4 atom stereocenters. The number of rotatable bonds is 0. The lowest BCUT2D eigenvalue weighted by Crippen LogP contribution is -2.22. The van der Waals surface area contributed by atoms with Crippen LogP contribution in [0.5, 0.6) is 0 Å². The molecule has 0 saturated heterocycles. The monoisotopic (exact) mass is 126 g/mol. The van der Waals surface area contributed by atoms with Crippen LogP contribution in [0.4, 0.5) is 0 Å². The Morgan fingerprint density at radius 1 is 1.11 bits per heavy atom. The molecule has 2 aliphatic rings. The van der Waals surface area contributed by atoms with Crippen molar-refractivity contribution in [3.8, 4) is 0 Å². The van der Waals surface area contributed by atoms with Crippen molar-refractivity contribution < 1.29 is 5.11 Å². The summed E-state index contributed by atoms with van der Waals surface area (Å²) in [5, 5.41) is 9.37. The lowest BCUT2D eigenvalue weighted by Gasteiger charge is -2.22. The molecule has 0 aromatic rings. The van der Waals surface area contributed by atoms with Gasteiger partial charge in [0.1, 0.15) is 0 Å². The van der Waals surface area contributed by atoms with Crippen molar-refractivity contribution in [1.82, 2.24) is 0 Å². The molecule has 0 aromatic carbocycles. The lowest BCUT2D eigenvalue weighted by atomic mass is 9.88. The maximum Gasteiger partial charge on any atom is 0.0568 e. The van der Waals surface area contributed by atoms with E-state index in [2.05, 4.69) is 6.92 Å². The van der Waals surface area contributed by atoms with Gasteiger partial charge < -0.3 is 5.11 Å². The smallest absolute Gasteiger partial charge is 0.0568 e. The molecule has 9 heavy (non-hydrogen) atoms. The first-order valence-electron chi connectivity index (χ1n) is 3.95. The van der Waals surface area contributed by atoms with Crippen molar-refractivity contribution in [2.45, 2.75) is 32.3 Å². The first-order valence-corrected chi connectivity index (χ1v) is 3.95. The molecule has 0 radical (unpaired) electrons. The molecule has 0 amide bonds. The highest BCUT2D eigenvalue weighted by Gasteiger charge is 2.44. The maximum atomic E-state index is 9.37. The minimum Gasteiger partial charge on any atom is -0.393 e. The average Bonchev–Trinajstić information content (AvgIpc) is 2.46. The van der Waals surface area contributed by atoms with E-state index in [9.17, 15) is 5.11 Å². The lowest BCUT2D eigenvalue weighted by molar-refractivity contribution is 0.0747. The largest absolute Gasteiger partial charge is 0.393 e. The van der Waals surface area contributed by atoms with Gasteiger partial charge in [-0.15, -0.1) is 0 Å². The highest BCUT2D eigenvalue weighted by molar-refractivity contribution is 4.94. The Labute approximate surface area is 56.1 Å². The third-order valence-electron chi connectivity index (χ3n) is 2.94. The van der Waals surface area contributed by atoms with Crippen molar-refractivity contribution in [2.75, 3.05) is 0 Å². The summed E-state index contributed by atoms with van der Waals surface area (Å²) in [5.74, 6) is 2.49. The molecule has 2 rings (SSSR count). The van der Waals surface area contributed by atoms with Gasteiger partial charge in [0.05, 0.1) is 6.10 Å². The minimum atomic E-state index is 0.0220. The molecular formula is C8H14O. The zero-order valence-corrected chi connectivity index (χ0v) is 5.88. The van der Waals surface area contributed by atoms with Gasteiger partial charge in [0.25, 0.3) is 0 Å². The van der Waals surface area contributed by atoms with Gasteiger partial charge in [-0.3, -0.25) is 0 Å². The van der Waals surface area contributed by atoms with E-state index >= 15 is 0 Å². The van der Waals surface area contributed by atoms with Crippen LogP contribution in [0.3, 0.4) is 0 Å². The number of fused-ring (bicyclic) bond motifs is 1. The van der Waals surface area contributed by atoms with E-state index in [1.54, 1.807) is 0 Å². The molecule has 2 fully saturated rings. The molecule has 0 bridgehead atoms. The van der Waals surface area contributed by atoms with Gasteiger partial charge in [-0.25, -0.2) is 0 Å².